The van der Waals surface area contributed by atoms with Crippen LogP contribution in [0.25, 0.3) is 0 Å². The molecule has 0 aromatic rings. The summed E-state index contributed by atoms with van der Waals surface area (Å²) in [7, 11) is 0. The van der Waals surface area contributed by atoms with Crippen molar-refractivity contribution < 1.29 is 9.53 Å². The molecule has 1 heterocycles. The molecule has 0 amide bonds. The zero-order valence-corrected chi connectivity index (χ0v) is 6.05. The van der Waals surface area contributed by atoms with Crippen LogP contribution in [0.15, 0.2) is 16.5 Å². The fraction of sp³-hybridized carbons (Fsp3) is 0.333. The quantitative estimate of drug-likeness (QED) is 0.402. The molecule has 5 heteroatoms. The van der Waals surface area contributed by atoms with Crippen LogP contribution >= 0.6 is 0 Å². The van der Waals surface area contributed by atoms with E-state index in [1.54, 1.807) is 6.92 Å². The Labute approximate surface area is 63.9 Å². The summed E-state index contributed by atoms with van der Waals surface area (Å²) in [6.45, 7) is 2.02. The second-order valence-corrected chi connectivity index (χ2v) is 1.83. The highest BCUT2D eigenvalue weighted by molar-refractivity contribution is 5.92. The number of esters is 1. The first kappa shape index (κ1) is 7.50. The Morgan fingerprint density at radius 1 is 1.91 bits per heavy atom. The van der Waals surface area contributed by atoms with Crippen LogP contribution in [0, 0.1) is 0 Å². The zero-order valence-electron chi connectivity index (χ0n) is 6.05. The maximum Gasteiger partial charge on any atom is 0.433 e. The lowest BCUT2D eigenvalue weighted by atomic mass is 10.4. The molecule has 0 unspecified atom stereocenters. The van der Waals surface area contributed by atoms with Crippen LogP contribution in [0.5, 0.6) is 0 Å². The van der Waals surface area contributed by atoms with Gasteiger partial charge in [0, 0.05) is 0 Å². The van der Waals surface area contributed by atoms with Crippen molar-refractivity contribution in [2.75, 3.05) is 6.61 Å². The number of ether oxygens (including phenoxy) is 1. The fourth-order valence-electron chi connectivity index (χ4n) is 0.619. The lowest BCUT2D eigenvalue weighted by Crippen LogP contribution is -2.18. The van der Waals surface area contributed by atoms with E-state index >= 15 is 0 Å². The van der Waals surface area contributed by atoms with Gasteiger partial charge in [0.05, 0.1) is 6.61 Å². The molecule has 0 aliphatic carbocycles. The molecule has 0 saturated heterocycles. The van der Waals surface area contributed by atoms with Crippen LogP contribution in [-0.2, 0) is 9.53 Å². The van der Waals surface area contributed by atoms with E-state index in [9.17, 15) is 4.79 Å². The molecule has 58 valence electrons. The van der Waals surface area contributed by atoms with E-state index < -0.39 is 5.97 Å². The highest BCUT2D eigenvalue weighted by Crippen LogP contribution is 2.04. The van der Waals surface area contributed by atoms with Gasteiger partial charge in [0.1, 0.15) is 0 Å². The van der Waals surface area contributed by atoms with Gasteiger partial charge in [0.25, 0.3) is 12.2 Å². The first-order chi connectivity index (χ1) is 5.25. The Balaban J connectivity index is 2.66. The molecule has 0 aromatic carbocycles. The van der Waals surface area contributed by atoms with Crippen molar-refractivity contribution in [3.63, 3.8) is 0 Å². The van der Waals surface area contributed by atoms with Crippen molar-refractivity contribution in [1.82, 2.24) is 5.32 Å². The average molecular weight is 154 g/mol. The van der Waals surface area contributed by atoms with Crippen LogP contribution in [0.2, 0.25) is 0 Å². The normalized spacial score (nSPS) is 14.3. The molecular formula is C6H8N3O2+. The summed E-state index contributed by atoms with van der Waals surface area (Å²) in [6, 6.07) is 0. The second kappa shape index (κ2) is 2.98. The molecule has 0 fully saturated rings. The summed E-state index contributed by atoms with van der Waals surface area (Å²) in [5.41, 5.74) is 5.41. The Kier molecular flexibility index (Phi) is 2.03. The van der Waals surface area contributed by atoms with E-state index in [-0.39, 0.29) is 11.5 Å². The molecule has 3 N–H and O–H groups in total. The monoisotopic (exact) mass is 154 g/mol. The first-order valence-corrected chi connectivity index (χ1v) is 3.14. The number of nitrogens with one attached hydrogen (secondary N) is 1. The summed E-state index contributed by atoms with van der Waals surface area (Å²) >= 11 is 0. The number of nitrogens with two attached hydrogens (primary N) is 1. The highest BCUT2D eigenvalue weighted by Gasteiger charge is 2.29. The summed E-state index contributed by atoms with van der Waals surface area (Å²) in [5, 5.41) is 2.45. The van der Waals surface area contributed by atoms with Crippen LogP contribution < -0.4 is 11.1 Å². The summed E-state index contributed by atoms with van der Waals surface area (Å²) in [6.07, 6.45) is 2.34. The van der Waals surface area contributed by atoms with E-state index in [0.717, 1.165) is 0 Å². The van der Waals surface area contributed by atoms with Crippen LogP contribution in [0.3, 0.4) is 0 Å². The third-order valence-corrected chi connectivity index (χ3v) is 1.08. The molecule has 0 aromatic heterocycles. The minimum atomic E-state index is -0.525. The van der Waals surface area contributed by atoms with Crippen molar-refractivity contribution in [3.8, 4) is 0 Å². The molecule has 0 saturated carbocycles. The molecule has 0 radical (unpaired) electrons. The van der Waals surface area contributed by atoms with Gasteiger partial charge in [0.2, 0.25) is 0 Å². The topological polar surface area (TPSA) is 76.7 Å². The van der Waals surface area contributed by atoms with Gasteiger partial charge in [-0.05, 0) is 11.9 Å². The van der Waals surface area contributed by atoms with Gasteiger partial charge in [-0.1, -0.05) is 0 Å². The van der Waals surface area contributed by atoms with Crippen molar-refractivity contribution in [3.05, 3.63) is 11.5 Å². The third kappa shape index (κ3) is 1.45. The first-order valence-electron chi connectivity index (χ1n) is 3.14. The second-order valence-electron chi connectivity index (χ2n) is 1.83. The van der Waals surface area contributed by atoms with E-state index in [1.165, 1.54) is 0 Å². The van der Waals surface area contributed by atoms with Gasteiger partial charge in [-0.2, -0.15) is 5.32 Å². The van der Waals surface area contributed by atoms with Crippen molar-refractivity contribution in [2.45, 2.75) is 6.92 Å². The number of carbonyl (C=O) groups is 1. The fourth-order valence-corrected chi connectivity index (χ4v) is 0.619. The number of hydrogen-bond acceptors (Lipinski definition) is 5. The molecule has 11 heavy (non-hydrogen) atoms. The highest BCUT2D eigenvalue weighted by atomic mass is 16.5. The van der Waals surface area contributed by atoms with Crippen molar-refractivity contribution in [1.29, 1.82) is 0 Å². The third-order valence-electron chi connectivity index (χ3n) is 1.08. The average Bonchev–Trinajstić information content (AvgIpc) is 2.36. The molecular weight excluding hydrogens is 146 g/mol. The van der Waals surface area contributed by atoms with Crippen LogP contribution in [0.4, 0.5) is 0 Å². The molecule has 5 nitrogen and oxygen atoms in total. The Morgan fingerprint density at radius 2 is 2.64 bits per heavy atom. The van der Waals surface area contributed by atoms with Gasteiger partial charge in [-0.25, -0.2) is 4.79 Å². The Hall–Kier alpha value is -1.61. The molecule has 1 aliphatic heterocycles. The van der Waals surface area contributed by atoms with E-state index in [2.05, 4.69) is 21.4 Å². The maximum absolute atomic E-state index is 10.9. The predicted octanol–water partition coefficient (Wildman–Crippen LogP) is -0.814. The van der Waals surface area contributed by atoms with Crippen molar-refractivity contribution >= 4 is 12.3 Å². The predicted molar refractivity (Wildman–Crippen MR) is 38.4 cm³/mol. The van der Waals surface area contributed by atoms with Gasteiger partial charge in [0.15, 0.2) is 0 Å². The van der Waals surface area contributed by atoms with E-state index in [0.29, 0.717) is 6.61 Å². The van der Waals surface area contributed by atoms with Crippen LogP contribution in [0.1, 0.15) is 6.92 Å². The summed E-state index contributed by atoms with van der Waals surface area (Å²) in [4.78, 5) is 14.5. The molecule has 1 aliphatic rings. The van der Waals surface area contributed by atoms with E-state index in [4.69, 9.17) is 5.73 Å². The van der Waals surface area contributed by atoms with Gasteiger partial charge in [-0.3, -0.25) is 0 Å². The largest absolute Gasteiger partial charge is 0.450 e. The van der Waals surface area contributed by atoms with Gasteiger partial charge in [-0.15, -0.1) is 0 Å². The van der Waals surface area contributed by atoms with Gasteiger partial charge >= 0.3 is 11.7 Å². The van der Waals surface area contributed by atoms with E-state index in [1.807, 2.05) is 0 Å². The molecule has 0 atom stereocenters. The molecule has 1 rings (SSSR count). The number of aliphatic imine (C=N–C) groups is 1. The Bertz CT molecular complexity index is 232. The lowest BCUT2D eigenvalue weighted by molar-refractivity contribution is -0.138. The SMILES string of the molecule is CCOC(=O)C1=C(N)N[C+]=N1. The standard InChI is InChI=1S/C6H7N3O2/c1-2-11-6(10)4-5(7)9-3-8-4/h2H2,1H3,(H2-,7,8,9,10)/p+1. The molecule has 0 bridgehead atoms. The number of carbonyl (C=O) groups excluding carboxylic acids is 1. The molecule has 0 spiro atoms. The zero-order chi connectivity index (χ0) is 8.27. The van der Waals surface area contributed by atoms with Gasteiger partial charge < -0.3 is 10.5 Å². The Morgan fingerprint density at radius 3 is 3.09 bits per heavy atom. The number of nitrogens with zero attached hydrogens (tertiary/aromatic N) is 1. The summed E-state index contributed by atoms with van der Waals surface area (Å²) < 4.78 is 4.65. The minimum absolute atomic E-state index is 0.0897. The van der Waals surface area contributed by atoms with Crippen molar-refractivity contribution in [2.24, 2.45) is 10.7 Å². The number of rotatable bonds is 2. The smallest absolute Gasteiger partial charge is 0.433 e. The minimum Gasteiger partial charge on any atom is -0.450 e. The summed E-state index contributed by atoms with van der Waals surface area (Å²) in [5.74, 6) is -0.342. The van der Waals surface area contributed by atoms with Crippen LogP contribution in [-0.4, -0.2) is 18.9 Å². The maximum atomic E-state index is 10.9. The number of hydrogen-bond donors (Lipinski definition) is 2. The lowest BCUT2D eigenvalue weighted by Gasteiger charge is -1.92.